The van der Waals surface area contributed by atoms with Gasteiger partial charge < -0.3 is 4.74 Å². The zero-order valence-electron chi connectivity index (χ0n) is 22.0. The van der Waals surface area contributed by atoms with Gasteiger partial charge in [-0.05, 0) is 60.2 Å². The molecule has 0 bridgehead atoms. The van der Waals surface area contributed by atoms with Gasteiger partial charge in [-0.2, -0.15) is 0 Å². The third-order valence-corrected chi connectivity index (χ3v) is 7.45. The molecule has 10 nitrogen and oxygen atoms in total. The van der Waals surface area contributed by atoms with E-state index in [-0.39, 0.29) is 29.8 Å². The fourth-order valence-electron chi connectivity index (χ4n) is 5.53. The molecule has 206 valence electrons. The van der Waals surface area contributed by atoms with Crippen LogP contribution in [0.2, 0.25) is 0 Å². The standard InChI is InChI=1S/C31H25N3O7/c1-2-41-31(36)22-9-15-27-21(17-22)8-16-28(32-27)30-26(19-3-10-24(11-4-19)33(37)38)14-7-23(18-35)29(30)20-5-12-25(13-6-20)34(39)40/h3-13,15-18,26,29-30H,2,14H2,1H3/t26-,29+,30-/m0/s1. The lowest BCUT2D eigenvalue weighted by atomic mass is 9.65. The van der Waals surface area contributed by atoms with Crippen molar-refractivity contribution in [2.24, 2.45) is 0 Å². The summed E-state index contributed by atoms with van der Waals surface area (Å²) in [6, 6.07) is 21.3. The van der Waals surface area contributed by atoms with E-state index in [2.05, 4.69) is 0 Å². The van der Waals surface area contributed by atoms with Crippen LogP contribution in [0.1, 0.15) is 58.3 Å². The maximum atomic E-state index is 12.3. The van der Waals surface area contributed by atoms with E-state index >= 15 is 0 Å². The largest absolute Gasteiger partial charge is 0.462 e. The van der Waals surface area contributed by atoms with E-state index in [1.807, 2.05) is 18.2 Å². The Balaban J connectivity index is 1.65. The highest BCUT2D eigenvalue weighted by atomic mass is 16.6. The summed E-state index contributed by atoms with van der Waals surface area (Å²) >= 11 is 0. The average Bonchev–Trinajstić information content (AvgIpc) is 3.00. The Labute approximate surface area is 234 Å². The molecule has 5 rings (SSSR count). The smallest absolute Gasteiger partial charge is 0.338 e. The van der Waals surface area contributed by atoms with Gasteiger partial charge in [0.2, 0.25) is 0 Å². The molecule has 3 aromatic carbocycles. The Morgan fingerprint density at radius 1 is 0.927 bits per heavy atom. The molecule has 1 heterocycles. The highest BCUT2D eigenvalue weighted by Crippen LogP contribution is 2.51. The average molecular weight is 552 g/mol. The van der Waals surface area contributed by atoms with Gasteiger partial charge in [-0.15, -0.1) is 0 Å². The number of esters is 1. The maximum Gasteiger partial charge on any atom is 0.338 e. The molecule has 1 aliphatic carbocycles. The molecule has 0 radical (unpaired) electrons. The molecule has 3 atom stereocenters. The summed E-state index contributed by atoms with van der Waals surface area (Å²) in [5, 5.41) is 23.3. The molecule has 41 heavy (non-hydrogen) atoms. The summed E-state index contributed by atoms with van der Waals surface area (Å²) in [5.41, 5.74) is 3.72. The number of carbonyl (C=O) groups excluding carboxylic acids is 2. The quantitative estimate of drug-likeness (QED) is 0.106. The molecule has 0 saturated carbocycles. The molecule has 0 unspecified atom stereocenters. The van der Waals surface area contributed by atoms with Crippen LogP contribution in [0.3, 0.4) is 0 Å². The van der Waals surface area contributed by atoms with Crippen molar-refractivity contribution >= 4 is 34.5 Å². The first-order chi connectivity index (χ1) is 19.8. The number of hydrogen-bond donors (Lipinski definition) is 0. The molecule has 0 amide bonds. The lowest BCUT2D eigenvalue weighted by molar-refractivity contribution is -0.385. The number of benzene rings is 3. The van der Waals surface area contributed by atoms with Crippen LogP contribution in [-0.4, -0.2) is 33.7 Å². The van der Waals surface area contributed by atoms with Crippen molar-refractivity contribution < 1.29 is 24.2 Å². The number of pyridine rings is 1. The van der Waals surface area contributed by atoms with Gasteiger partial charge in [-0.3, -0.25) is 30.0 Å². The van der Waals surface area contributed by atoms with Crippen LogP contribution in [0.25, 0.3) is 10.9 Å². The first-order valence-corrected chi connectivity index (χ1v) is 13.0. The second-order valence-corrected chi connectivity index (χ2v) is 9.73. The number of nitro groups is 2. The zero-order valence-corrected chi connectivity index (χ0v) is 22.0. The number of fused-ring (bicyclic) bond motifs is 1. The predicted octanol–water partition coefficient (Wildman–Crippen LogP) is 6.41. The number of allylic oxidation sites excluding steroid dienone is 2. The molecule has 0 N–H and O–H groups in total. The van der Waals surface area contributed by atoms with Crippen molar-refractivity contribution in [3.05, 3.63) is 133 Å². The molecule has 0 fully saturated rings. The number of carbonyl (C=O) groups is 2. The molecule has 4 aromatic rings. The highest BCUT2D eigenvalue weighted by molar-refractivity contribution is 5.94. The van der Waals surface area contributed by atoms with E-state index in [9.17, 15) is 29.8 Å². The van der Waals surface area contributed by atoms with E-state index in [0.29, 0.717) is 34.3 Å². The second-order valence-electron chi connectivity index (χ2n) is 9.73. The van der Waals surface area contributed by atoms with Gasteiger partial charge in [-0.25, -0.2) is 4.79 Å². The van der Waals surface area contributed by atoms with Crippen molar-refractivity contribution in [1.82, 2.24) is 4.98 Å². The molecular formula is C31H25N3O7. The third-order valence-electron chi connectivity index (χ3n) is 7.45. The number of hydrogen-bond acceptors (Lipinski definition) is 8. The van der Waals surface area contributed by atoms with E-state index in [4.69, 9.17) is 9.72 Å². The van der Waals surface area contributed by atoms with Gasteiger partial charge in [0.15, 0.2) is 0 Å². The van der Waals surface area contributed by atoms with Crippen molar-refractivity contribution in [2.45, 2.75) is 31.1 Å². The van der Waals surface area contributed by atoms with Crippen LogP contribution in [0.5, 0.6) is 0 Å². The Kier molecular flexibility index (Phi) is 7.64. The van der Waals surface area contributed by atoms with Crippen LogP contribution in [0.4, 0.5) is 11.4 Å². The normalized spacial score (nSPS) is 18.4. The Morgan fingerprint density at radius 2 is 1.56 bits per heavy atom. The number of nitrogens with zero attached hydrogens (tertiary/aromatic N) is 3. The zero-order chi connectivity index (χ0) is 29.1. The summed E-state index contributed by atoms with van der Waals surface area (Å²) in [7, 11) is 0. The SMILES string of the molecule is CCOC(=O)c1ccc2nc([C@@H]3[C@H](c4ccc([N+](=O)[O-])cc4)CC=C(C=O)[C@H]3c3ccc([N+](=O)[O-])cc3)ccc2c1. The van der Waals surface area contributed by atoms with Crippen LogP contribution in [-0.2, 0) is 9.53 Å². The van der Waals surface area contributed by atoms with Gasteiger partial charge in [0.25, 0.3) is 11.4 Å². The van der Waals surface area contributed by atoms with Crippen molar-refractivity contribution in [2.75, 3.05) is 6.61 Å². The summed E-state index contributed by atoms with van der Waals surface area (Å²) in [6.07, 6.45) is 3.15. The fraction of sp³-hybridized carbons (Fsp3) is 0.194. The number of rotatable bonds is 8. The Hall–Kier alpha value is -5.25. The van der Waals surface area contributed by atoms with Crippen LogP contribution < -0.4 is 0 Å². The van der Waals surface area contributed by atoms with Gasteiger partial charge >= 0.3 is 5.97 Å². The first-order valence-electron chi connectivity index (χ1n) is 13.0. The minimum Gasteiger partial charge on any atom is -0.462 e. The van der Waals surface area contributed by atoms with Crippen LogP contribution in [0.15, 0.2) is 90.5 Å². The van der Waals surface area contributed by atoms with Gasteiger partial charge in [0, 0.05) is 47.2 Å². The second kappa shape index (κ2) is 11.5. The summed E-state index contributed by atoms with van der Waals surface area (Å²) in [6.45, 7) is 2.00. The summed E-state index contributed by atoms with van der Waals surface area (Å²) in [5.74, 6) is -1.49. The molecule has 0 spiro atoms. The first kappa shape index (κ1) is 27.3. The van der Waals surface area contributed by atoms with E-state index in [0.717, 1.165) is 17.2 Å². The third kappa shape index (κ3) is 5.44. The van der Waals surface area contributed by atoms with Gasteiger partial charge in [0.05, 0.1) is 27.5 Å². The summed E-state index contributed by atoms with van der Waals surface area (Å²) in [4.78, 5) is 51.1. The minimum atomic E-state index is -0.481. The number of aromatic nitrogens is 1. The monoisotopic (exact) mass is 551 g/mol. The number of nitro benzene ring substituents is 2. The maximum absolute atomic E-state index is 12.3. The topological polar surface area (TPSA) is 143 Å². The minimum absolute atomic E-state index is 0.0293. The lowest BCUT2D eigenvalue weighted by Crippen LogP contribution is -2.26. The van der Waals surface area contributed by atoms with Gasteiger partial charge in [-0.1, -0.05) is 36.4 Å². The molecule has 1 aromatic heterocycles. The Bertz CT molecular complexity index is 1680. The van der Waals surface area contributed by atoms with Crippen molar-refractivity contribution in [3.63, 3.8) is 0 Å². The molecular weight excluding hydrogens is 526 g/mol. The van der Waals surface area contributed by atoms with Gasteiger partial charge in [0.1, 0.15) is 6.29 Å². The molecule has 0 saturated heterocycles. The van der Waals surface area contributed by atoms with Crippen LogP contribution in [0, 0.1) is 20.2 Å². The predicted molar refractivity (Wildman–Crippen MR) is 151 cm³/mol. The highest BCUT2D eigenvalue weighted by Gasteiger charge is 2.39. The van der Waals surface area contributed by atoms with E-state index in [1.54, 1.807) is 49.4 Å². The van der Waals surface area contributed by atoms with Crippen molar-refractivity contribution in [3.8, 4) is 0 Å². The number of non-ortho nitro benzene ring substituents is 2. The van der Waals surface area contributed by atoms with E-state index < -0.39 is 21.7 Å². The fourth-order valence-corrected chi connectivity index (χ4v) is 5.53. The van der Waals surface area contributed by atoms with E-state index in [1.165, 1.54) is 24.3 Å². The van der Waals surface area contributed by atoms with Crippen LogP contribution >= 0.6 is 0 Å². The number of aldehydes is 1. The molecule has 1 aliphatic rings. The lowest BCUT2D eigenvalue weighted by Gasteiger charge is -2.37. The summed E-state index contributed by atoms with van der Waals surface area (Å²) < 4.78 is 5.11. The van der Waals surface area contributed by atoms with Crippen molar-refractivity contribution in [1.29, 1.82) is 0 Å². The number of ether oxygens (including phenoxy) is 1. The molecule has 10 heteroatoms. The molecule has 0 aliphatic heterocycles. The Morgan fingerprint density at radius 3 is 2.15 bits per heavy atom.